The summed E-state index contributed by atoms with van der Waals surface area (Å²) in [6.45, 7) is 2.00. The number of ether oxygens (including phenoxy) is 2. The van der Waals surface area contributed by atoms with E-state index >= 15 is 0 Å². The van der Waals surface area contributed by atoms with Gasteiger partial charge in [0.25, 0.3) is 0 Å². The summed E-state index contributed by atoms with van der Waals surface area (Å²) in [7, 11) is 1.69. The number of rotatable bonds is 6. The molecule has 0 spiro atoms. The van der Waals surface area contributed by atoms with Crippen molar-refractivity contribution >= 4 is 0 Å². The molecule has 0 radical (unpaired) electrons. The zero-order valence-electron chi connectivity index (χ0n) is 11.2. The van der Waals surface area contributed by atoms with Crippen LogP contribution in [-0.2, 0) is 21.4 Å². The summed E-state index contributed by atoms with van der Waals surface area (Å²) in [6.07, 6.45) is 4.26. The van der Waals surface area contributed by atoms with Crippen molar-refractivity contribution in [3.8, 4) is 0 Å². The largest absolute Gasteiger partial charge is 0.382 e. The van der Waals surface area contributed by atoms with Crippen molar-refractivity contribution in [3.05, 3.63) is 35.4 Å². The van der Waals surface area contributed by atoms with Gasteiger partial charge in [-0.2, -0.15) is 0 Å². The molecule has 0 aliphatic heterocycles. The second-order valence-electron chi connectivity index (χ2n) is 5.02. The van der Waals surface area contributed by atoms with Gasteiger partial charge in [0.1, 0.15) is 0 Å². The van der Waals surface area contributed by atoms with E-state index in [0.717, 1.165) is 19.3 Å². The summed E-state index contributed by atoms with van der Waals surface area (Å²) in [5, 5.41) is 0. The fourth-order valence-corrected chi connectivity index (χ4v) is 2.71. The van der Waals surface area contributed by atoms with Gasteiger partial charge >= 0.3 is 0 Å². The monoisotopic (exact) mass is 249 g/mol. The van der Waals surface area contributed by atoms with Crippen LogP contribution in [0.5, 0.6) is 0 Å². The molecule has 0 fully saturated rings. The Labute approximate surface area is 109 Å². The van der Waals surface area contributed by atoms with Gasteiger partial charge in [0.15, 0.2) is 0 Å². The Morgan fingerprint density at radius 1 is 1.22 bits per heavy atom. The average Bonchev–Trinajstić information content (AvgIpc) is 2.39. The molecule has 1 atom stereocenters. The maximum Gasteiger partial charge on any atom is 0.0700 e. The fourth-order valence-electron chi connectivity index (χ4n) is 2.71. The normalized spacial score (nSPS) is 22.8. The minimum atomic E-state index is -0.206. The van der Waals surface area contributed by atoms with Gasteiger partial charge in [-0.05, 0) is 36.8 Å². The minimum absolute atomic E-state index is 0.206. The number of methoxy groups -OCH3 is 1. The van der Waals surface area contributed by atoms with Crippen molar-refractivity contribution in [2.45, 2.75) is 31.2 Å². The lowest BCUT2D eigenvalue weighted by molar-refractivity contribution is 0.0592. The number of aryl methyl sites for hydroxylation is 1. The number of fused-ring (bicyclic) bond motifs is 1. The van der Waals surface area contributed by atoms with Crippen molar-refractivity contribution in [2.24, 2.45) is 5.73 Å². The van der Waals surface area contributed by atoms with Crippen LogP contribution in [0, 0.1) is 0 Å². The van der Waals surface area contributed by atoms with Gasteiger partial charge < -0.3 is 15.2 Å². The Kier molecular flexibility index (Phi) is 4.75. The lowest BCUT2D eigenvalue weighted by atomic mass is 9.75. The van der Waals surface area contributed by atoms with Crippen LogP contribution in [0.15, 0.2) is 24.3 Å². The minimum Gasteiger partial charge on any atom is -0.382 e. The lowest BCUT2D eigenvalue weighted by Gasteiger charge is -2.35. The standard InChI is InChI=1S/C15H23NO2/c1-17-11-12-18-10-9-15(16)8-4-6-13-5-2-3-7-14(13)15/h2-3,5,7H,4,6,8-12,16H2,1H3. The zero-order chi connectivity index (χ0) is 12.8. The first-order valence-corrected chi connectivity index (χ1v) is 6.70. The van der Waals surface area contributed by atoms with Crippen LogP contribution < -0.4 is 5.73 Å². The molecule has 2 N–H and O–H groups in total. The molecule has 2 rings (SSSR count). The van der Waals surface area contributed by atoms with Crippen LogP contribution >= 0.6 is 0 Å². The van der Waals surface area contributed by atoms with Gasteiger partial charge in [0.2, 0.25) is 0 Å². The summed E-state index contributed by atoms with van der Waals surface area (Å²) in [5.74, 6) is 0. The molecule has 1 aromatic rings. The van der Waals surface area contributed by atoms with Gasteiger partial charge in [0.05, 0.1) is 13.2 Å². The molecule has 1 aliphatic rings. The van der Waals surface area contributed by atoms with E-state index in [1.54, 1.807) is 7.11 Å². The first-order chi connectivity index (χ1) is 8.76. The van der Waals surface area contributed by atoms with Crippen LogP contribution in [0.2, 0.25) is 0 Å². The quantitative estimate of drug-likeness (QED) is 0.786. The highest BCUT2D eigenvalue weighted by molar-refractivity contribution is 5.35. The van der Waals surface area contributed by atoms with E-state index < -0.39 is 0 Å². The van der Waals surface area contributed by atoms with Crippen molar-refractivity contribution in [1.29, 1.82) is 0 Å². The Hall–Kier alpha value is -0.900. The highest BCUT2D eigenvalue weighted by atomic mass is 16.5. The van der Waals surface area contributed by atoms with Crippen molar-refractivity contribution in [3.63, 3.8) is 0 Å². The molecule has 1 aliphatic carbocycles. The first-order valence-electron chi connectivity index (χ1n) is 6.70. The first kappa shape index (κ1) is 13.5. The maximum absolute atomic E-state index is 6.57. The van der Waals surface area contributed by atoms with Crippen LogP contribution in [0.1, 0.15) is 30.4 Å². The van der Waals surface area contributed by atoms with Crippen LogP contribution in [-0.4, -0.2) is 26.9 Å². The average molecular weight is 249 g/mol. The topological polar surface area (TPSA) is 44.5 Å². The lowest BCUT2D eigenvalue weighted by Crippen LogP contribution is -2.41. The molecule has 0 saturated heterocycles. The molecule has 3 nitrogen and oxygen atoms in total. The Bertz CT molecular complexity index is 381. The second-order valence-corrected chi connectivity index (χ2v) is 5.02. The highest BCUT2D eigenvalue weighted by Gasteiger charge is 2.31. The number of nitrogens with two attached hydrogens (primary N) is 1. The number of benzene rings is 1. The van der Waals surface area contributed by atoms with E-state index in [1.165, 1.54) is 17.5 Å². The molecular weight excluding hydrogens is 226 g/mol. The molecular formula is C15H23NO2. The predicted molar refractivity (Wildman–Crippen MR) is 72.6 cm³/mol. The Morgan fingerprint density at radius 2 is 2.06 bits per heavy atom. The smallest absolute Gasteiger partial charge is 0.0700 e. The fraction of sp³-hybridized carbons (Fsp3) is 0.600. The Morgan fingerprint density at radius 3 is 2.89 bits per heavy atom. The second kappa shape index (κ2) is 6.32. The third kappa shape index (κ3) is 3.10. The molecule has 1 aromatic carbocycles. The van der Waals surface area contributed by atoms with Crippen molar-refractivity contribution < 1.29 is 9.47 Å². The van der Waals surface area contributed by atoms with Gasteiger partial charge in [-0.15, -0.1) is 0 Å². The summed E-state index contributed by atoms with van der Waals surface area (Å²) in [6, 6.07) is 8.54. The summed E-state index contributed by atoms with van der Waals surface area (Å²) < 4.78 is 10.5. The third-order valence-corrected chi connectivity index (χ3v) is 3.75. The maximum atomic E-state index is 6.57. The molecule has 0 bridgehead atoms. The summed E-state index contributed by atoms with van der Waals surface area (Å²) >= 11 is 0. The van der Waals surface area contributed by atoms with Crippen LogP contribution in [0.25, 0.3) is 0 Å². The van der Waals surface area contributed by atoms with E-state index in [4.69, 9.17) is 15.2 Å². The van der Waals surface area contributed by atoms with Crippen molar-refractivity contribution in [1.82, 2.24) is 0 Å². The third-order valence-electron chi connectivity index (χ3n) is 3.75. The SMILES string of the molecule is COCCOCCC1(N)CCCc2ccccc21. The predicted octanol–water partition coefficient (Wildman–Crippen LogP) is 2.23. The molecule has 0 amide bonds. The number of hydrogen-bond acceptors (Lipinski definition) is 3. The highest BCUT2D eigenvalue weighted by Crippen LogP contribution is 2.35. The summed E-state index contributed by atoms with van der Waals surface area (Å²) in [4.78, 5) is 0. The Balaban J connectivity index is 1.95. The number of hydrogen-bond donors (Lipinski definition) is 1. The van der Waals surface area contributed by atoms with Crippen LogP contribution in [0.4, 0.5) is 0 Å². The zero-order valence-corrected chi connectivity index (χ0v) is 11.2. The van der Waals surface area contributed by atoms with E-state index in [-0.39, 0.29) is 5.54 Å². The van der Waals surface area contributed by atoms with E-state index in [9.17, 15) is 0 Å². The van der Waals surface area contributed by atoms with Gasteiger partial charge in [-0.1, -0.05) is 24.3 Å². The van der Waals surface area contributed by atoms with E-state index in [1.807, 2.05) is 0 Å². The molecule has 1 unspecified atom stereocenters. The van der Waals surface area contributed by atoms with Gasteiger partial charge in [0, 0.05) is 19.3 Å². The molecule has 0 aromatic heterocycles. The van der Waals surface area contributed by atoms with E-state index in [0.29, 0.717) is 19.8 Å². The van der Waals surface area contributed by atoms with Crippen molar-refractivity contribution in [2.75, 3.05) is 26.9 Å². The van der Waals surface area contributed by atoms with E-state index in [2.05, 4.69) is 24.3 Å². The molecule has 18 heavy (non-hydrogen) atoms. The molecule has 0 heterocycles. The molecule has 100 valence electrons. The molecule has 0 saturated carbocycles. The van der Waals surface area contributed by atoms with Crippen LogP contribution in [0.3, 0.4) is 0 Å². The van der Waals surface area contributed by atoms with Gasteiger partial charge in [-0.25, -0.2) is 0 Å². The molecule has 3 heteroatoms. The summed E-state index contributed by atoms with van der Waals surface area (Å²) in [5.41, 5.74) is 9.09. The van der Waals surface area contributed by atoms with Gasteiger partial charge in [-0.3, -0.25) is 0 Å².